The Bertz CT molecular complexity index is 611. The van der Waals surface area contributed by atoms with E-state index < -0.39 is 7.43 Å². The van der Waals surface area contributed by atoms with Crippen LogP contribution in [-0.4, -0.2) is 5.16 Å². The molecule has 0 bridgehead atoms. The van der Waals surface area contributed by atoms with Crippen LogP contribution in [0.25, 0.3) is 0 Å². The number of benzene rings is 1. The van der Waals surface area contributed by atoms with Gasteiger partial charge in [0.2, 0.25) is 0 Å². The van der Waals surface area contributed by atoms with Crippen LogP contribution >= 0.6 is 18.7 Å². The van der Waals surface area contributed by atoms with Gasteiger partial charge in [0.1, 0.15) is 0 Å². The van der Waals surface area contributed by atoms with E-state index in [2.05, 4.69) is 100 Å². The summed E-state index contributed by atoms with van der Waals surface area (Å²) in [5, 5.41) is 4.07. The van der Waals surface area contributed by atoms with Crippen LogP contribution in [0.5, 0.6) is 0 Å². The van der Waals surface area contributed by atoms with E-state index >= 15 is 0 Å². The average molecular weight is 426 g/mol. The topological polar surface area (TPSA) is 12.0 Å². The van der Waals surface area contributed by atoms with E-state index in [1.807, 2.05) is 0 Å². The van der Waals surface area contributed by atoms with Crippen molar-refractivity contribution in [3.05, 3.63) is 28.8 Å². The summed E-state index contributed by atoms with van der Waals surface area (Å²) in [6.45, 7) is 27.7. The van der Waals surface area contributed by atoms with E-state index in [1.165, 1.54) is 22.4 Å². The van der Waals surface area contributed by atoms with E-state index in [0.717, 1.165) is 19.3 Å². The fraction of sp³-hybridized carbons (Fsp3) is 0.760. The van der Waals surface area contributed by atoms with Gasteiger partial charge in [-0.25, -0.2) is 0 Å². The molecule has 1 nitrogen and oxygen atoms in total. The largest absolute Gasteiger partial charge is 0.351 e. The van der Waals surface area contributed by atoms with E-state index in [-0.39, 0.29) is 21.4 Å². The van der Waals surface area contributed by atoms with Crippen LogP contribution in [0, 0.1) is 0 Å². The first kappa shape index (κ1) is 25.8. The van der Waals surface area contributed by atoms with Crippen molar-refractivity contribution in [1.29, 1.82) is 0 Å². The van der Waals surface area contributed by atoms with Crippen molar-refractivity contribution in [3.8, 4) is 0 Å². The molecular formula is C25H45ClNP. The number of nitrogens with one attached hydrogen (secondary N) is 1. The van der Waals surface area contributed by atoms with Gasteiger partial charge in [0, 0.05) is 10.8 Å². The van der Waals surface area contributed by atoms with Gasteiger partial charge >= 0.3 is 0 Å². The van der Waals surface area contributed by atoms with Crippen LogP contribution < -0.4 is 5.09 Å². The summed E-state index contributed by atoms with van der Waals surface area (Å²) >= 11 is 7.17. The first-order valence-electron chi connectivity index (χ1n) is 11.0. The second-order valence-corrected chi connectivity index (χ2v) is 14.1. The van der Waals surface area contributed by atoms with E-state index in [0.29, 0.717) is 0 Å². The highest BCUT2D eigenvalue weighted by Gasteiger charge is 2.36. The lowest BCUT2D eigenvalue weighted by atomic mass is 9.74. The number of halogens is 1. The minimum absolute atomic E-state index is 0.0456. The molecule has 0 aliphatic rings. The minimum Gasteiger partial charge on any atom is -0.351 e. The molecule has 1 N–H and O–H groups in total. The van der Waals surface area contributed by atoms with Crippen molar-refractivity contribution < 1.29 is 0 Å². The van der Waals surface area contributed by atoms with Gasteiger partial charge in [0.15, 0.2) is 0 Å². The number of anilines is 1. The molecule has 0 aliphatic heterocycles. The molecule has 0 heterocycles. The lowest BCUT2D eigenvalue weighted by molar-refractivity contribution is 0.523. The number of rotatable bonds is 6. The Labute approximate surface area is 182 Å². The standard InChI is InChI=1S/C25H45ClNP/c1-13-25(14-2,15-3)28(26)27-21-19(23(7,8)9)16-18(22(4,5)6)17-20(21)24(10,11)12/h16-17,27H,13-15H2,1-12H3. The van der Waals surface area contributed by atoms with Gasteiger partial charge in [0.05, 0.1) is 7.43 Å². The molecule has 1 aromatic rings. The lowest BCUT2D eigenvalue weighted by Gasteiger charge is -2.39. The van der Waals surface area contributed by atoms with Gasteiger partial charge in [0.25, 0.3) is 0 Å². The average Bonchev–Trinajstić information content (AvgIpc) is 2.54. The predicted octanol–water partition coefficient (Wildman–Crippen LogP) is 9.51. The lowest BCUT2D eigenvalue weighted by Crippen LogP contribution is -2.27. The summed E-state index contributed by atoms with van der Waals surface area (Å²) in [4.78, 5) is 0. The maximum absolute atomic E-state index is 7.17. The van der Waals surface area contributed by atoms with Gasteiger partial charge in [-0.05, 0) is 52.2 Å². The van der Waals surface area contributed by atoms with Gasteiger partial charge in [-0.15, -0.1) is 0 Å². The van der Waals surface area contributed by atoms with Crippen LogP contribution in [0.15, 0.2) is 12.1 Å². The predicted molar refractivity (Wildman–Crippen MR) is 133 cm³/mol. The van der Waals surface area contributed by atoms with Crippen molar-refractivity contribution in [1.82, 2.24) is 0 Å². The molecule has 3 heteroatoms. The highest BCUT2D eigenvalue weighted by atomic mass is 35.7. The molecule has 28 heavy (non-hydrogen) atoms. The number of hydrogen-bond donors (Lipinski definition) is 1. The van der Waals surface area contributed by atoms with E-state index in [1.54, 1.807) is 0 Å². The van der Waals surface area contributed by atoms with E-state index in [4.69, 9.17) is 11.2 Å². The first-order chi connectivity index (χ1) is 12.5. The molecule has 0 saturated carbocycles. The third-order valence-corrected chi connectivity index (χ3v) is 9.75. The van der Waals surface area contributed by atoms with Crippen molar-refractivity contribution in [2.24, 2.45) is 0 Å². The molecule has 0 spiro atoms. The van der Waals surface area contributed by atoms with Crippen molar-refractivity contribution >= 4 is 24.4 Å². The van der Waals surface area contributed by atoms with Gasteiger partial charge in [-0.2, -0.15) is 0 Å². The summed E-state index contributed by atoms with van der Waals surface area (Å²) in [6.07, 6.45) is 3.33. The number of hydrogen-bond acceptors (Lipinski definition) is 1. The smallest absolute Gasteiger partial charge is 0.0927 e. The Balaban J connectivity index is 3.76. The molecular weight excluding hydrogens is 381 g/mol. The summed E-state index contributed by atoms with van der Waals surface area (Å²) in [5.74, 6) is 0. The zero-order chi connectivity index (χ0) is 22.1. The Kier molecular flexibility index (Phi) is 8.15. The van der Waals surface area contributed by atoms with Gasteiger partial charge in [-0.3, -0.25) is 0 Å². The zero-order valence-corrected chi connectivity index (χ0v) is 22.3. The zero-order valence-electron chi connectivity index (χ0n) is 20.6. The maximum atomic E-state index is 7.17. The third kappa shape index (κ3) is 5.66. The molecule has 0 aromatic heterocycles. The Morgan fingerprint density at radius 2 is 1.07 bits per heavy atom. The van der Waals surface area contributed by atoms with Crippen LogP contribution in [0.1, 0.15) is 119 Å². The summed E-state index contributed by atoms with van der Waals surface area (Å²) in [5.41, 5.74) is 5.65. The Morgan fingerprint density at radius 3 is 1.32 bits per heavy atom. The highest BCUT2D eigenvalue weighted by molar-refractivity contribution is 7.86. The summed E-state index contributed by atoms with van der Waals surface area (Å²) in [7, 11) is -0.847. The third-order valence-electron chi connectivity index (χ3n) is 6.22. The fourth-order valence-corrected chi connectivity index (χ4v) is 6.60. The SMILES string of the molecule is CCC(CC)(CC)P(Cl)Nc1c(C(C)(C)C)cc(C(C)(C)C)cc1C(C)(C)C. The Morgan fingerprint density at radius 1 is 0.714 bits per heavy atom. The molecule has 1 unspecified atom stereocenters. The van der Waals surface area contributed by atoms with Crippen molar-refractivity contribution in [3.63, 3.8) is 0 Å². The molecule has 0 amide bonds. The maximum Gasteiger partial charge on any atom is 0.0927 e. The van der Waals surface area contributed by atoms with Crippen molar-refractivity contribution in [2.75, 3.05) is 5.09 Å². The van der Waals surface area contributed by atoms with Gasteiger partial charge in [-0.1, -0.05) is 106 Å². The molecule has 1 aromatic carbocycles. The quantitative estimate of drug-likeness (QED) is 0.447. The molecule has 1 atom stereocenters. The summed E-state index contributed by atoms with van der Waals surface area (Å²) < 4.78 is 0. The molecule has 0 saturated heterocycles. The van der Waals surface area contributed by atoms with Crippen LogP contribution in [0.2, 0.25) is 0 Å². The molecule has 162 valence electrons. The minimum atomic E-state index is -0.847. The second kappa shape index (κ2) is 8.85. The van der Waals surface area contributed by atoms with E-state index in [9.17, 15) is 0 Å². The van der Waals surface area contributed by atoms with Crippen LogP contribution in [0.3, 0.4) is 0 Å². The van der Waals surface area contributed by atoms with Crippen molar-refractivity contribution in [2.45, 2.75) is 124 Å². The Hall–Kier alpha value is -0.260. The van der Waals surface area contributed by atoms with Crippen LogP contribution in [-0.2, 0) is 16.2 Å². The van der Waals surface area contributed by atoms with Crippen LogP contribution in [0.4, 0.5) is 5.69 Å². The molecule has 0 radical (unpaired) electrons. The monoisotopic (exact) mass is 425 g/mol. The molecule has 1 rings (SSSR count). The second-order valence-electron chi connectivity index (χ2n) is 11.4. The summed E-state index contributed by atoms with van der Waals surface area (Å²) in [6, 6.07) is 4.84. The van der Waals surface area contributed by atoms with Gasteiger partial charge < -0.3 is 5.09 Å². The molecule has 0 aliphatic carbocycles. The molecule has 0 fully saturated rings. The highest BCUT2D eigenvalue weighted by Crippen LogP contribution is 2.60. The normalized spacial score (nSPS) is 14.9. The fourth-order valence-electron chi connectivity index (χ4n) is 3.76. The first-order valence-corrected chi connectivity index (χ1v) is 13.2.